The standard InChI is InChI=1S/C6H11O2.C2H5.Zn/c1-3-5-6(7)8-4-2;1-2;/h3H,4-5H2,1-2H3;1H2,2H3;/q2*-1;+2. The molecule has 0 spiro atoms. The quantitative estimate of drug-likeness (QED) is 0.404. The van der Waals surface area contributed by atoms with Gasteiger partial charge < -0.3 is 18.1 Å². The molecule has 0 aromatic carbocycles. The molecule has 0 aromatic rings. The Morgan fingerprint density at radius 2 is 2.00 bits per heavy atom. The molecule has 3 heteroatoms. The molecule has 0 radical (unpaired) electrons. The van der Waals surface area contributed by atoms with Crippen molar-refractivity contribution in [3.05, 3.63) is 13.3 Å². The first-order valence-electron chi connectivity index (χ1n) is 3.45. The Morgan fingerprint density at radius 3 is 2.27 bits per heavy atom. The van der Waals surface area contributed by atoms with Gasteiger partial charge in [-0.15, -0.1) is 0 Å². The molecule has 0 rings (SSSR count). The second-order valence-corrected chi connectivity index (χ2v) is 1.42. The zero-order valence-electron chi connectivity index (χ0n) is 7.72. The predicted molar refractivity (Wildman–Crippen MR) is 42.3 cm³/mol. The Morgan fingerprint density at radius 1 is 1.55 bits per heavy atom. The van der Waals surface area contributed by atoms with Crippen molar-refractivity contribution in [3.8, 4) is 0 Å². The zero-order chi connectivity index (χ0) is 8.41. The van der Waals surface area contributed by atoms with Crippen LogP contribution in [0.2, 0.25) is 0 Å². The van der Waals surface area contributed by atoms with Gasteiger partial charge in [0, 0.05) is 0 Å². The fraction of sp³-hybridized carbons (Fsp3) is 0.625. The first-order chi connectivity index (χ1) is 4.81. The van der Waals surface area contributed by atoms with Crippen molar-refractivity contribution in [1.29, 1.82) is 0 Å². The third-order valence-electron chi connectivity index (χ3n) is 0.676. The summed E-state index contributed by atoms with van der Waals surface area (Å²) in [6.45, 7) is 9.11. The van der Waals surface area contributed by atoms with Crippen molar-refractivity contribution in [2.24, 2.45) is 0 Å². The van der Waals surface area contributed by atoms with E-state index in [1.54, 1.807) is 20.3 Å². The Labute approximate surface area is 82.5 Å². The maximum Gasteiger partial charge on any atom is 2.00 e. The van der Waals surface area contributed by atoms with E-state index in [9.17, 15) is 4.79 Å². The monoisotopic (exact) mass is 208 g/mol. The fourth-order valence-electron chi connectivity index (χ4n) is 0.387. The van der Waals surface area contributed by atoms with Gasteiger partial charge in [-0.25, -0.2) is 0 Å². The molecular formula is C8H16O2Zn. The maximum atomic E-state index is 10.4. The normalized spacial score (nSPS) is 6.91. The van der Waals surface area contributed by atoms with Crippen LogP contribution in [0, 0.1) is 13.3 Å². The molecule has 0 fully saturated rings. The molecule has 62 valence electrons. The molecule has 0 aliphatic heterocycles. The fourth-order valence-corrected chi connectivity index (χ4v) is 0.387. The topological polar surface area (TPSA) is 26.3 Å². The third kappa shape index (κ3) is 17.8. The molecule has 0 aliphatic rings. The third-order valence-corrected chi connectivity index (χ3v) is 0.676. The van der Waals surface area contributed by atoms with Gasteiger partial charge in [-0.1, -0.05) is 6.42 Å². The second kappa shape index (κ2) is 16.6. The number of hydrogen-bond donors (Lipinski definition) is 0. The van der Waals surface area contributed by atoms with Gasteiger partial charge in [0.2, 0.25) is 0 Å². The van der Waals surface area contributed by atoms with Crippen LogP contribution in [0.4, 0.5) is 0 Å². The van der Waals surface area contributed by atoms with Crippen LogP contribution >= 0.6 is 0 Å². The van der Waals surface area contributed by atoms with E-state index in [0.29, 0.717) is 13.0 Å². The molecule has 0 bridgehead atoms. The van der Waals surface area contributed by atoms with Gasteiger partial charge in [-0.05, 0) is 6.92 Å². The molecule has 0 amide bonds. The van der Waals surface area contributed by atoms with Crippen molar-refractivity contribution in [2.45, 2.75) is 27.2 Å². The van der Waals surface area contributed by atoms with Gasteiger partial charge in [0.1, 0.15) is 0 Å². The summed E-state index contributed by atoms with van der Waals surface area (Å²) in [5.74, 6) is -0.144. The number of ether oxygens (including phenoxy) is 1. The SMILES string of the molecule is C[CH-]CC(=O)OCC.[CH2-]C.[Zn+2]. The van der Waals surface area contributed by atoms with Gasteiger partial charge >= 0.3 is 19.5 Å². The average molecular weight is 210 g/mol. The minimum absolute atomic E-state index is 0. The van der Waals surface area contributed by atoms with Crippen LogP contribution in [-0.4, -0.2) is 12.6 Å². The van der Waals surface area contributed by atoms with Crippen LogP contribution in [0.25, 0.3) is 0 Å². The van der Waals surface area contributed by atoms with Crippen molar-refractivity contribution in [2.75, 3.05) is 6.61 Å². The van der Waals surface area contributed by atoms with Crippen LogP contribution in [0.3, 0.4) is 0 Å². The summed E-state index contributed by atoms with van der Waals surface area (Å²) < 4.78 is 4.61. The summed E-state index contributed by atoms with van der Waals surface area (Å²) in [6, 6.07) is 0. The van der Waals surface area contributed by atoms with E-state index in [1.165, 1.54) is 0 Å². The van der Waals surface area contributed by atoms with E-state index in [2.05, 4.69) is 11.7 Å². The van der Waals surface area contributed by atoms with Crippen LogP contribution in [0.1, 0.15) is 27.2 Å². The smallest absolute Gasteiger partial charge is 0.468 e. The summed E-state index contributed by atoms with van der Waals surface area (Å²) in [5.41, 5.74) is 0. The molecular weight excluding hydrogens is 193 g/mol. The number of hydrogen-bond acceptors (Lipinski definition) is 2. The van der Waals surface area contributed by atoms with Crippen molar-refractivity contribution < 1.29 is 29.0 Å². The summed E-state index contributed by atoms with van der Waals surface area (Å²) in [6.07, 6.45) is 2.20. The Kier molecular flexibility index (Phi) is 26.0. The van der Waals surface area contributed by atoms with Crippen LogP contribution in [0.15, 0.2) is 0 Å². The Bertz CT molecular complexity index is 66.5. The number of rotatable bonds is 3. The minimum Gasteiger partial charge on any atom is -0.468 e. The average Bonchev–Trinajstić information content (AvgIpc) is 1.93. The van der Waals surface area contributed by atoms with Crippen molar-refractivity contribution in [3.63, 3.8) is 0 Å². The zero-order valence-corrected chi connectivity index (χ0v) is 10.7. The molecule has 11 heavy (non-hydrogen) atoms. The Balaban J connectivity index is -0.000000196. The summed E-state index contributed by atoms with van der Waals surface area (Å²) in [4.78, 5) is 10.4. The Hall–Kier alpha value is 0.0934. The van der Waals surface area contributed by atoms with Gasteiger partial charge in [-0.2, -0.15) is 13.8 Å². The minimum atomic E-state index is -0.144. The molecule has 0 atom stereocenters. The van der Waals surface area contributed by atoms with Gasteiger partial charge in [0.25, 0.3) is 5.97 Å². The first-order valence-corrected chi connectivity index (χ1v) is 3.45. The van der Waals surface area contributed by atoms with Gasteiger partial charge in [0.05, 0.1) is 6.61 Å². The van der Waals surface area contributed by atoms with E-state index in [1.807, 2.05) is 6.92 Å². The molecule has 2 nitrogen and oxygen atoms in total. The molecule has 0 aromatic heterocycles. The van der Waals surface area contributed by atoms with Crippen LogP contribution in [-0.2, 0) is 29.0 Å². The molecule has 0 saturated carbocycles. The molecule has 0 unspecified atom stereocenters. The molecule has 0 N–H and O–H groups in total. The summed E-state index contributed by atoms with van der Waals surface area (Å²) in [5, 5.41) is 0. The van der Waals surface area contributed by atoms with Crippen molar-refractivity contribution >= 4 is 5.97 Å². The molecule has 0 heterocycles. The second-order valence-electron chi connectivity index (χ2n) is 1.42. The largest absolute Gasteiger partial charge is 2.00 e. The van der Waals surface area contributed by atoms with E-state index < -0.39 is 0 Å². The maximum absolute atomic E-state index is 10.4. The molecule has 0 saturated heterocycles. The number of carbonyl (C=O) groups excluding carboxylic acids is 1. The molecule has 0 aliphatic carbocycles. The van der Waals surface area contributed by atoms with Crippen molar-refractivity contribution in [1.82, 2.24) is 0 Å². The van der Waals surface area contributed by atoms with Gasteiger partial charge in [0.15, 0.2) is 0 Å². The number of carbonyl (C=O) groups is 1. The summed E-state index contributed by atoms with van der Waals surface area (Å²) >= 11 is 0. The van der Waals surface area contributed by atoms with Crippen LogP contribution in [0.5, 0.6) is 0 Å². The van der Waals surface area contributed by atoms with E-state index in [4.69, 9.17) is 0 Å². The first kappa shape index (κ1) is 17.3. The van der Waals surface area contributed by atoms with Crippen LogP contribution < -0.4 is 0 Å². The van der Waals surface area contributed by atoms with E-state index >= 15 is 0 Å². The summed E-state index contributed by atoms with van der Waals surface area (Å²) in [7, 11) is 0. The predicted octanol–water partition coefficient (Wildman–Crippen LogP) is 2.00. The number of esters is 1. The van der Waals surface area contributed by atoms with Gasteiger partial charge in [-0.3, -0.25) is 4.79 Å². The van der Waals surface area contributed by atoms with E-state index in [0.717, 1.165) is 0 Å². The van der Waals surface area contributed by atoms with E-state index in [-0.39, 0.29) is 25.4 Å².